The number of benzene rings is 1. The minimum atomic E-state index is -0.181. The third-order valence-electron chi connectivity index (χ3n) is 2.58. The quantitative estimate of drug-likeness (QED) is 0.460. The zero-order valence-corrected chi connectivity index (χ0v) is 15.6. The molecule has 0 aliphatic carbocycles. The number of alkyl halides is 1. The van der Waals surface area contributed by atoms with E-state index in [2.05, 4.69) is 15.9 Å². The molecule has 0 radical (unpaired) electrons. The Hall–Kier alpha value is 0.360. The van der Waals surface area contributed by atoms with Crippen LogP contribution in [-0.4, -0.2) is 6.61 Å². The second-order valence-electron chi connectivity index (χ2n) is 3.88. The molecule has 20 heavy (non-hydrogen) atoms. The molecule has 1 nitrogen and oxygen atoms in total. The molecule has 0 fully saturated rings. The first-order valence-electron chi connectivity index (χ1n) is 5.64. The molecule has 0 N–H and O–H groups in total. The highest BCUT2D eigenvalue weighted by Gasteiger charge is 2.21. The number of hydrogen-bond acceptors (Lipinski definition) is 2. The lowest BCUT2D eigenvalue weighted by molar-refractivity contribution is 0.340. The van der Waals surface area contributed by atoms with Crippen LogP contribution in [0.1, 0.15) is 22.9 Å². The van der Waals surface area contributed by atoms with Gasteiger partial charge in [0.2, 0.25) is 0 Å². The van der Waals surface area contributed by atoms with E-state index in [0.717, 1.165) is 11.1 Å². The zero-order valence-electron chi connectivity index (χ0n) is 10.2. The second-order valence-corrected chi connectivity index (χ2v) is 7.89. The molecule has 0 spiro atoms. The van der Waals surface area contributed by atoms with E-state index < -0.39 is 0 Å². The number of ether oxygens (including phenoxy) is 1. The Morgan fingerprint density at radius 3 is 2.35 bits per heavy atom. The van der Waals surface area contributed by atoms with Crippen molar-refractivity contribution >= 4 is 73.7 Å². The number of hydrogen-bond donors (Lipinski definition) is 0. The van der Waals surface area contributed by atoms with Crippen molar-refractivity contribution in [1.82, 2.24) is 0 Å². The molecule has 2 aromatic rings. The first kappa shape index (κ1) is 16.7. The van der Waals surface area contributed by atoms with Crippen molar-refractivity contribution in [3.05, 3.63) is 48.0 Å². The number of rotatable bonds is 4. The van der Waals surface area contributed by atoms with Crippen molar-refractivity contribution < 1.29 is 4.74 Å². The number of thiophene rings is 1. The van der Waals surface area contributed by atoms with Gasteiger partial charge in [0, 0.05) is 16.7 Å². The topological polar surface area (TPSA) is 9.23 Å². The third kappa shape index (κ3) is 3.57. The summed E-state index contributed by atoms with van der Waals surface area (Å²) in [5.41, 5.74) is 1.68. The van der Waals surface area contributed by atoms with Crippen molar-refractivity contribution in [3.63, 3.8) is 0 Å². The summed E-state index contributed by atoms with van der Waals surface area (Å²) < 4.78 is 6.66. The van der Waals surface area contributed by atoms with Gasteiger partial charge in [-0.05, 0) is 24.6 Å². The monoisotopic (exact) mass is 432 g/mol. The average Bonchev–Trinajstić information content (AvgIpc) is 2.72. The molecular weight excluding hydrogens is 426 g/mol. The van der Waals surface area contributed by atoms with Crippen molar-refractivity contribution in [3.8, 4) is 5.75 Å². The summed E-state index contributed by atoms with van der Waals surface area (Å²) in [6.45, 7) is 2.41. The highest BCUT2D eigenvalue weighted by atomic mass is 79.9. The Morgan fingerprint density at radius 1 is 1.10 bits per heavy atom. The van der Waals surface area contributed by atoms with Gasteiger partial charge in [0.15, 0.2) is 0 Å². The van der Waals surface area contributed by atoms with Crippen LogP contribution in [0.5, 0.6) is 5.75 Å². The molecule has 0 aliphatic heterocycles. The van der Waals surface area contributed by atoms with E-state index >= 15 is 0 Å². The Bertz CT molecular complexity index is 629. The molecule has 1 unspecified atom stereocenters. The van der Waals surface area contributed by atoms with Crippen LogP contribution in [0.3, 0.4) is 0 Å². The van der Waals surface area contributed by atoms with Gasteiger partial charge >= 0.3 is 0 Å². The highest BCUT2D eigenvalue weighted by Crippen LogP contribution is 2.45. The molecule has 1 aromatic heterocycles. The van der Waals surface area contributed by atoms with Crippen LogP contribution in [-0.2, 0) is 0 Å². The lowest BCUT2D eigenvalue weighted by Gasteiger charge is -2.14. The predicted molar refractivity (Wildman–Crippen MR) is 92.7 cm³/mol. The SMILES string of the molecule is CCOc1cc(Cl)c(C(Br)c2cc(Cl)sc2Cl)cc1Cl. The molecule has 1 aromatic carbocycles. The fourth-order valence-electron chi connectivity index (χ4n) is 1.70. The molecule has 7 heteroatoms. The largest absolute Gasteiger partial charge is 0.492 e. The summed E-state index contributed by atoms with van der Waals surface area (Å²) in [5.74, 6) is 0.567. The summed E-state index contributed by atoms with van der Waals surface area (Å²) in [6, 6.07) is 5.30. The maximum atomic E-state index is 6.30. The summed E-state index contributed by atoms with van der Waals surface area (Å²) in [7, 11) is 0. The van der Waals surface area contributed by atoms with Crippen molar-refractivity contribution in [2.75, 3.05) is 6.61 Å². The van der Waals surface area contributed by atoms with Crippen molar-refractivity contribution in [2.24, 2.45) is 0 Å². The molecule has 0 saturated heterocycles. The minimum Gasteiger partial charge on any atom is -0.492 e. The van der Waals surface area contributed by atoms with Gasteiger partial charge in [-0.15, -0.1) is 11.3 Å². The fourth-order valence-corrected chi connectivity index (χ4v) is 4.87. The van der Waals surface area contributed by atoms with E-state index in [1.807, 2.05) is 13.0 Å². The summed E-state index contributed by atoms with van der Waals surface area (Å²) >= 11 is 29.5. The minimum absolute atomic E-state index is 0.181. The van der Waals surface area contributed by atoms with Gasteiger partial charge in [-0.25, -0.2) is 0 Å². The van der Waals surface area contributed by atoms with Gasteiger partial charge in [0.05, 0.1) is 25.1 Å². The van der Waals surface area contributed by atoms with Crippen molar-refractivity contribution in [2.45, 2.75) is 11.8 Å². The molecular formula is C13H9BrCl4OS. The molecule has 2 rings (SSSR count). The van der Waals surface area contributed by atoms with Crippen LogP contribution in [0.15, 0.2) is 18.2 Å². The van der Waals surface area contributed by atoms with Gasteiger partial charge < -0.3 is 4.74 Å². The lowest BCUT2D eigenvalue weighted by atomic mass is 10.1. The molecule has 1 heterocycles. The average molecular weight is 435 g/mol. The predicted octanol–water partition coefficient (Wildman–Crippen LogP) is 7.24. The molecule has 0 saturated carbocycles. The molecule has 0 bridgehead atoms. The van der Waals surface area contributed by atoms with Gasteiger partial charge in [-0.3, -0.25) is 0 Å². The maximum absolute atomic E-state index is 6.30. The second kappa shape index (κ2) is 7.08. The Kier molecular flexibility index (Phi) is 5.92. The maximum Gasteiger partial charge on any atom is 0.139 e. The Morgan fingerprint density at radius 2 is 1.80 bits per heavy atom. The highest BCUT2D eigenvalue weighted by molar-refractivity contribution is 9.09. The zero-order chi connectivity index (χ0) is 14.9. The van der Waals surface area contributed by atoms with Crippen LogP contribution in [0.2, 0.25) is 18.7 Å². The molecule has 0 aliphatic rings. The van der Waals surface area contributed by atoms with E-state index in [4.69, 9.17) is 51.1 Å². The van der Waals surface area contributed by atoms with Crippen LogP contribution in [0.25, 0.3) is 0 Å². The van der Waals surface area contributed by atoms with E-state index in [0.29, 0.717) is 31.1 Å². The van der Waals surface area contributed by atoms with Crippen LogP contribution in [0.4, 0.5) is 0 Å². The van der Waals surface area contributed by atoms with Gasteiger partial charge in [-0.1, -0.05) is 62.3 Å². The van der Waals surface area contributed by atoms with Gasteiger partial charge in [-0.2, -0.15) is 0 Å². The number of halogens is 5. The smallest absolute Gasteiger partial charge is 0.139 e. The molecule has 1 atom stereocenters. The first-order chi connectivity index (χ1) is 9.43. The van der Waals surface area contributed by atoms with Gasteiger partial charge in [0.1, 0.15) is 5.75 Å². The van der Waals surface area contributed by atoms with Crippen LogP contribution < -0.4 is 4.74 Å². The third-order valence-corrected chi connectivity index (χ3v) is 5.71. The molecule has 0 amide bonds. The van der Waals surface area contributed by atoms with E-state index in [1.165, 1.54) is 11.3 Å². The van der Waals surface area contributed by atoms with E-state index in [9.17, 15) is 0 Å². The summed E-state index contributed by atoms with van der Waals surface area (Å²) in [5, 5.41) is 1.06. The van der Waals surface area contributed by atoms with Crippen LogP contribution in [0, 0.1) is 0 Å². The first-order valence-corrected chi connectivity index (χ1v) is 8.89. The van der Waals surface area contributed by atoms with Gasteiger partial charge in [0.25, 0.3) is 0 Å². The standard InChI is InChI=1S/C13H9BrCl4OS/c1-2-19-10-5-8(15)6(3-9(10)16)12(14)7-4-11(17)20-13(7)18/h3-5,12H,2H2,1H3. The Labute approximate surface area is 149 Å². The van der Waals surface area contributed by atoms with E-state index in [1.54, 1.807) is 12.1 Å². The Balaban J connectivity index is 2.42. The molecule has 108 valence electrons. The normalized spacial score (nSPS) is 12.5. The fraction of sp³-hybridized carbons (Fsp3) is 0.231. The van der Waals surface area contributed by atoms with Crippen molar-refractivity contribution in [1.29, 1.82) is 0 Å². The van der Waals surface area contributed by atoms with E-state index in [-0.39, 0.29) is 4.83 Å². The summed E-state index contributed by atoms with van der Waals surface area (Å²) in [6.07, 6.45) is 0. The summed E-state index contributed by atoms with van der Waals surface area (Å²) in [4.78, 5) is -0.181. The lowest BCUT2D eigenvalue weighted by Crippen LogP contribution is -1.97. The van der Waals surface area contributed by atoms with Crippen LogP contribution >= 0.6 is 73.7 Å².